The minimum Gasteiger partial charge on any atom is -0.333 e. The van der Waals surface area contributed by atoms with Crippen molar-refractivity contribution in [3.8, 4) is 0 Å². The summed E-state index contributed by atoms with van der Waals surface area (Å²) >= 11 is 9.17. The molecule has 6 heteroatoms. The number of amides is 2. The Morgan fingerprint density at radius 2 is 1.83 bits per heavy atom. The highest BCUT2D eigenvalue weighted by atomic mass is 79.9. The van der Waals surface area contributed by atoms with Gasteiger partial charge in [0.25, 0.3) is 0 Å². The number of anilines is 1. The molecule has 124 valence electrons. The fourth-order valence-electron chi connectivity index (χ4n) is 1.91. The summed E-state index contributed by atoms with van der Waals surface area (Å²) < 4.78 is 0.787. The van der Waals surface area contributed by atoms with E-state index in [-0.39, 0.29) is 18.4 Å². The molecule has 0 unspecified atom stereocenters. The lowest BCUT2D eigenvalue weighted by molar-refractivity contribution is -0.129. The summed E-state index contributed by atoms with van der Waals surface area (Å²) in [6, 6.07) is 14.4. The number of para-hydroxylation sites is 1. The second kappa shape index (κ2) is 8.66. The molecule has 2 aromatic rings. The topological polar surface area (TPSA) is 49.4 Å². The Bertz CT molecular complexity index is 760. The van der Waals surface area contributed by atoms with E-state index in [0.29, 0.717) is 10.7 Å². The van der Waals surface area contributed by atoms with Crippen molar-refractivity contribution in [3.05, 3.63) is 69.7 Å². The first-order valence-corrected chi connectivity index (χ1v) is 8.36. The molecule has 0 fully saturated rings. The Morgan fingerprint density at radius 3 is 2.50 bits per heavy atom. The van der Waals surface area contributed by atoms with Crippen LogP contribution in [0.25, 0.3) is 6.08 Å². The van der Waals surface area contributed by atoms with Crippen LogP contribution in [0.15, 0.2) is 59.1 Å². The van der Waals surface area contributed by atoms with Gasteiger partial charge in [-0.15, -0.1) is 0 Å². The third-order valence-corrected chi connectivity index (χ3v) is 4.14. The zero-order valence-electron chi connectivity index (χ0n) is 13.0. The molecule has 4 nitrogen and oxygen atoms in total. The molecule has 0 bridgehead atoms. The van der Waals surface area contributed by atoms with Crippen LogP contribution < -0.4 is 5.32 Å². The van der Waals surface area contributed by atoms with Crippen molar-refractivity contribution in [3.63, 3.8) is 0 Å². The largest absolute Gasteiger partial charge is 0.333 e. The number of benzene rings is 2. The van der Waals surface area contributed by atoms with Gasteiger partial charge in [-0.3, -0.25) is 9.59 Å². The van der Waals surface area contributed by atoms with Crippen LogP contribution in [-0.4, -0.2) is 30.3 Å². The molecule has 0 aromatic heterocycles. The van der Waals surface area contributed by atoms with Gasteiger partial charge in [-0.25, -0.2) is 0 Å². The number of likely N-dealkylation sites (N-methyl/N-ethyl adjacent to an activating group) is 1. The van der Waals surface area contributed by atoms with Gasteiger partial charge >= 0.3 is 0 Å². The van der Waals surface area contributed by atoms with Crippen LogP contribution >= 0.6 is 27.5 Å². The van der Waals surface area contributed by atoms with E-state index in [4.69, 9.17) is 11.6 Å². The summed E-state index contributed by atoms with van der Waals surface area (Å²) in [5.41, 5.74) is 1.53. The molecule has 1 N–H and O–H groups in total. The van der Waals surface area contributed by atoms with Gasteiger partial charge in [0.15, 0.2) is 0 Å². The summed E-state index contributed by atoms with van der Waals surface area (Å²) in [6.45, 7) is -0.0366. The fraction of sp³-hybridized carbons (Fsp3) is 0.111. The Labute approximate surface area is 154 Å². The maximum atomic E-state index is 12.1. The first-order valence-electron chi connectivity index (χ1n) is 7.19. The van der Waals surface area contributed by atoms with Gasteiger partial charge in [0.2, 0.25) is 11.8 Å². The SMILES string of the molecule is CN(CC(=O)Nc1ccccc1Br)C(=O)/C=C/c1ccc(Cl)cc1. The second-order valence-electron chi connectivity index (χ2n) is 5.11. The maximum Gasteiger partial charge on any atom is 0.246 e. The van der Waals surface area contributed by atoms with Crippen molar-refractivity contribution in [2.45, 2.75) is 0 Å². The first kappa shape index (κ1) is 18.2. The van der Waals surface area contributed by atoms with Crippen molar-refractivity contribution < 1.29 is 9.59 Å². The lowest BCUT2D eigenvalue weighted by Gasteiger charge is -2.15. The third kappa shape index (κ3) is 5.51. The number of carbonyl (C=O) groups excluding carboxylic acids is 2. The van der Waals surface area contributed by atoms with E-state index in [1.807, 2.05) is 30.3 Å². The molecule has 2 rings (SSSR count). The average molecular weight is 408 g/mol. The number of carbonyl (C=O) groups is 2. The van der Waals surface area contributed by atoms with E-state index in [9.17, 15) is 9.59 Å². The highest BCUT2D eigenvalue weighted by Crippen LogP contribution is 2.21. The highest BCUT2D eigenvalue weighted by Gasteiger charge is 2.11. The van der Waals surface area contributed by atoms with Gasteiger partial charge in [-0.2, -0.15) is 0 Å². The molecule has 0 atom stereocenters. The number of rotatable bonds is 5. The monoisotopic (exact) mass is 406 g/mol. The minimum absolute atomic E-state index is 0.0366. The number of hydrogen-bond donors (Lipinski definition) is 1. The Morgan fingerprint density at radius 1 is 1.17 bits per heavy atom. The summed E-state index contributed by atoms with van der Waals surface area (Å²) in [5, 5.41) is 3.40. The quantitative estimate of drug-likeness (QED) is 0.755. The molecule has 0 aliphatic rings. The van der Waals surface area contributed by atoms with Crippen molar-refractivity contribution >= 4 is 51.1 Å². The van der Waals surface area contributed by atoms with E-state index in [1.54, 1.807) is 31.3 Å². The number of hydrogen-bond acceptors (Lipinski definition) is 2. The van der Waals surface area contributed by atoms with E-state index >= 15 is 0 Å². The maximum absolute atomic E-state index is 12.1. The van der Waals surface area contributed by atoms with Crippen LogP contribution in [0, 0.1) is 0 Å². The Hall–Kier alpha value is -2.11. The normalized spacial score (nSPS) is 10.6. The van der Waals surface area contributed by atoms with Gasteiger partial charge in [-0.1, -0.05) is 35.9 Å². The predicted molar refractivity (Wildman–Crippen MR) is 101 cm³/mol. The lowest BCUT2D eigenvalue weighted by Crippen LogP contribution is -2.33. The molecule has 24 heavy (non-hydrogen) atoms. The fourth-order valence-corrected chi connectivity index (χ4v) is 2.42. The smallest absolute Gasteiger partial charge is 0.246 e. The van der Waals surface area contributed by atoms with Crippen molar-refractivity contribution in [1.29, 1.82) is 0 Å². The van der Waals surface area contributed by atoms with Crippen molar-refractivity contribution in [2.75, 3.05) is 18.9 Å². The van der Waals surface area contributed by atoms with Gasteiger partial charge in [0.05, 0.1) is 12.2 Å². The van der Waals surface area contributed by atoms with E-state index < -0.39 is 0 Å². The molecule has 0 radical (unpaired) electrons. The van der Waals surface area contributed by atoms with Gasteiger partial charge < -0.3 is 10.2 Å². The van der Waals surface area contributed by atoms with Gasteiger partial charge in [0, 0.05) is 22.6 Å². The van der Waals surface area contributed by atoms with Crippen LogP contribution in [0.3, 0.4) is 0 Å². The zero-order chi connectivity index (χ0) is 17.5. The lowest BCUT2D eigenvalue weighted by atomic mass is 10.2. The van der Waals surface area contributed by atoms with E-state index in [2.05, 4.69) is 21.2 Å². The predicted octanol–water partition coefficient (Wildman–Crippen LogP) is 4.21. The van der Waals surface area contributed by atoms with E-state index in [1.165, 1.54) is 11.0 Å². The van der Waals surface area contributed by atoms with Crippen LogP contribution in [0.1, 0.15) is 5.56 Å². The summed E-state index contributed by atoms with van der Waals surface area (Å²) in [4.78, 5) is 25.4. The average Bonchev–Trinajstić information content (AvgIpc) is 2.56. The molecule has 0 aliphatic heterocycles. The standard InChI is InChI=1S/C18H16BrClN2O2/c1-22(12-17(23)21-16-5-3-2-4-15(16)19)18(24)11-8-13-6-9-14(20)10-7-13/h2-11H,12H2,1H3,(H,21,23)/b11-8+. The number of nitrogens with zero attached hydrogens (tertiary/aromatic N) is 1. The van der Waals surface area contributed by atoms with E-state index in [0.717, 1.165) is 10.0 Å². The molecule has 0 saturated heterocycles. The third-order valence-electron chi connectivity index (χ3n) is 3.19. The van der Waals surface area contributed by atoms with Crippen LogP contribution in [0.2, 0.25) is 5.02 Å². The Balaban J connectivity index is 1.90. The summed E-state index contributed by atoms with van der Waals surface area (Å²) in [5.74, 6) is -0.523. The molecule has 2 amide bonds. The van der Waals surface area contributed by atoms with Crippen LogP contribution in [0.4, 0.5) is 5.69 Å². The molecular formula is C18H16BrClN2O2. The van der Waals surface area contributed by atoms with Crippen LogP contribution in [0.5, 0.6) is 0 Å². The molecule has 2 aromatic carbocycles. The minimum atomic E-state index is -0.266. The molecule has 0 heterocycles. The van der Waals surface area contributed by atoms with Crippen molar-refractivity contribution in [1.82, 2.24) is 4.90 Å². The van der Waals surface area contributed by atoms with Crippen LogP contribution in [-0.2, 0) is 9.59 Å². The summed E-state index contributed by atoms with van der Waals surface area (Å²) in [7, 11) is 1.58. The highest BCUT2D eigenvalue weighted by molar-refractivity contribution is 9.10. The second-order valence-corrected chi connectivity index (χ2v) is 6.40. The Kier molecular flexibility index (Phi) is 6.58. The van der Waals surface area contributed by atoms with Gasteiger partial charge in [0.1, 0.15) is 0 Å². The molecule has 0 spiro atoms. The number of halogens is 2. The number of nitrogens with one attached hydrogen (secondary N) is 1. The summed E-state index contributed by atoms with van der Waals surface area (Å²) in [6.07, 6.45) is 3.11. The molecular weight excluding hydrogens is 392 g/mol. The zero-order valence-corrected chi connectivity index (χ0v) is 15.3. The molecule has 0 saturated carbocycles. The van der Waals surface area contributed by atoms with Gasteiger partial charge in [-0.05, 0) is 51.8 Å². The molecule has 0 aliphatic carbocycles. The first-order chi connectivity index (χ1) is 11.5. The van der Waals surface area contributed by atoms with Crippen molar-refractivity contribution in [2.24, 2.45) is 0 Å².